The van der Waals surface area contributed by atoms with E-state index in [1.165, 1.54) is 0 Å². The number of rotatable bonds is 5. The number of allylic oxidation sites excluding steroid dienone is 1. The van der Waals surface area contributed by atoms with Gasteiger partial charge in [-0.05, 0) is 49.1 Å². The SMILES string of the molecule is COc1cc(C)c(/C=C/CCS(=O)(=O)Cl)cc1C. The van der Waals surface area contributed by atoms with Gasteiger partial charge in [0.2, 0.25) is 9.05 Å². The maximum Gasteiger partial charge on any atom is 0.232 e. The first-order chi connectivity index (χ1) is 8.33. The van der Waals surface area contributed by atoms with Crippen LogP contribution in [0.1, 0.15) is 23.1 Å². The molecule has 0 aliphatic carbocycles. The van der Waals surface area contributed by atoms with E-state index in [4.69, 9.17) is 15.4 Å². The fraction of sp³-hybridized carbons (Fsp3) is 0.385. The fourth-order valence-electron chi connectivity index (χ4n) is 1.63. The van der Waals surface area contributed by atoms with Crippen LogP contribution < -0.4 is 4.74 Å². The highest BCUT2D eigenvalue weighted by Gasteiger charge is 2.04. The Kier molecular flexibility index (Phi) is 5.23. The lowest BCUT2D eigenvalue weighted by Crippen LogP contribution is -1.94. The van der Waals surface area contributed by atoms with Crippen molar-refractivity contribution in [3.05, 3.63) is 34.9 Å². The minimum absolute atomic E-state index is 0.0424. The van der Waals surface area contributed by atoms with E-state index in [1.54, 1.807) is 7.11 Å². The van der Waals surface area contributed by atoms with E-state index in [1.807, 2.05) is 38.1 Å². The zero-order valence-electron chi connectivity index (χ0n) is 10.7. The first-order valence-electron chi connectivity index (χ1n) is 5.57. The summed E-state index contributed by atoms with van der Waals surface area (Å²) in [6.45, 7) is 3.96. The molecule has 18 heavy (non-hydrogen) atoms. The molecular formula is C13H17ClO3S. The number of methoxy groups -OCH3 is 1. The summed E-state index contributed by atoms with van der Waals surface area (Å²) in [7, 11) is 3.37. The summed E-state index contributed by atoms with van der Waals surface area (Å²) in [5, 5.41) is 0. The molecule has 0 amide bonds. The molecule has 1 aromatic carbocycles. The smallest absolute Gasteiger partial charge is 0.232 e. The molecule has 100 valence electrons. The van der Waals surface area contributed by atoms with Crippen molar-refractivity contribution in [2.24, 2.45) is 0 Å². The first kappa shape index (κ1) is 15.1. The Bertz CT molecular complexity index is 548. The summed E-state index contributed by atoms with van der Waals surface area (Å²) >= 11 is 0. The monoisotopic (exact) mass is 288 g/mol. The van der Waals surface area contributed by atoms with E-state index in [9.17, 15) is 8.42 Å². The third kappa shape index (κ3) is 4.70. The standard InChI is InChI=1S/C13H17ClO3S/c1-10-9-13(17-3)11(2)8-12(10)6-4-5-7-18(14,15)16/h4,6,8-9H,5,7H2,1-3H3/b6-4+. The number of hydrogen-bond donors (Lipinski definition) is 0. The normalized spacial score (nSPS) is 12.0. The molecule has 0 saturated heterocycles. The Morgan fingerprint density at radius 3 is 2.50 bits per heavy atom. The third-order valence-electron chi connectivity index (χ3n) is 2.61. The first-order valence-corrected chi connectivity index (χ1v) is 8.05. The second-order valence-electron chi connectivity index (χ2n) is 4.11. The average molecular weight is 289 g/mol. The van der Waals surface area contributed by atoms with Crippen molar-refractivity contribution in [2.45, 2.75) is 20.3 Å². The van der Waals surface area contributed by atoms with Crippen LogP contribution in [0.15, 0.2) is 18.2 Å². The Balaban J connectivity index is 2.79. The molecule has 0 spiro atoms. The molecule has 0 atom stereocenters. The van der Waals surface area contributed by atoms with Crippen molar-refractivity contribution in [2.75, 3.05) is 12.9 Å². The zero-order valence-corrected chi connectivity index (χ0v) is 12.3. The lowest BCUT2D eigenvalue weighted by Gasteiger charge is -2.08. The van der Waals surface area contributed by atoms with Crippen LogP contribution in [0, 0.1) is 13.8 Å². The van der Waals surface area contributed by atoms with Crippen LogP contribution in [0.3, 0.4) is 0 Å². The number of ether oxygens (including phenoxy) is 1. The second-order valence-corrected chi connectivity index (χ2v) is 7.01. The minimum atomic E-state index is -3.41. The molecule has 0 unspecified atom stereocenters. The van der Waals surface area contributed by atoms with Crippen molar-refractivity contribution < 1.29 is 13.2 Å². The quantitative estimate of drug-likeness (QED) is 0.781. The predicted molar refractivity (Wildman–Crippen MR) is 75.8 cm³/mol. The lowest BCUT2D eigenvalue weighted by molar-refractivity contribution is 0.411. The molecule has 0 aliphatic heterocycles. The van der Waals surface area contributed by atoms with E-state index in [-0.39, 0.29) is 5.75 Å². The van der Waals surface area contributed by atoms with Crippen LogP contribution in [-0.4, -0.2) is 21.3 Å². The molecule has 3 nitrogen and oxygen atoms in total. The molecule has 0 fully saturated rings. The van der Waals surface area contributed by atoms with Gasteiger partial charge < -0.3 is 4.74 Å². The van der Waals surface area contributed by atoms with E-state index >= 15 is 0 Å². The van der Waals surface area contributed by atoms with Gasteiger partial charge in [-0.15, -0.1) is 0 Å². The van der Waals surface area contributed by atoms with Gasteiger partial charge in [-0.3, -0.25) is 0 Å². The fourth-order valence-corrected chi connectivity index (χ4v) is 2.32. The predicted octanol–water partition coefficient (Wildman–Crippen LogP) is 3.28. The summed E-state index contributed by atoms with van der Waals surface area (Å²) in [5.74, 6) is 0.812. The Morgan fingerprint density at radius 2 is 1.94 bits per heavy atom. The molecule has 0 radical (unpaired) electrons. The van der Waals surface area contributed by atoms with Crippen LogP contribution in [0.5, 0.6) is 5.75 Å². The van der Waals surface area contributed by atoms with Gasteiger partial charge in [0, 0.05) is 10.7 Å². The molecule has 1 aromatic rings. The highest BCUT2D eigenvalue weighted by molar-refractivity contribution is 8.13. The maximum atomic E-state index is 10.8. The van der Waals surface area contributed by atoms with Crippen LogP contribution in [0.4, 0.5) is 0 Å². The molecule has 1 rings (SSSR count). The highest BCUT2D eigenvalue weighted by atomic mass is 35.7. The van der Waals surface area contributed by atoms with E-state index in [0.717, 1.165) is 22.4 Å². The van der Waals surface area contributed by atoms with E-state index in [0.29, 0.717) is 6.42 Å². The highest BCUT2D eigenvalue weighted by Crippen LogP contribution is 2.23. The topological polar surface area (TPSA) is 43.4 Å². The van der Waals surface area contributed by atoms with Crippen molar-refractivity contribution in [3.8, 4) is 5.75 Å². The molecule has 5 heteroatoms. The third-order valence-corrected chi connectivity index (χ3v) is 3.80. The van der Waals surface area contributed by atoms with Gasteiger partial charge >= 0.3 is 0 Å². The summed E-state index contributed by atoms with van der Waals surface area (Å²) in [6, 6.07) is 3.98. The van der Waals surface area contributed by atoms with Crippen molar-refractivity contribution in [1.29, 1.82) is 0 Å². The van der Waals surface area contributed by atoms with Crippen molar-refractivity contribution in [3.63, 3.8) is 0 Å². The zero-order chi connectivity index (χ0) is 13.8. The molecule has 0 aliphatic rings. The Labute approximate surface area is 113 Å². The summed E-state index contributed by atoms with van der Waals surface area (Å²) < 4.78 is 26.8. The van der Waals surface area contributed by atoms with Gasteiger partial charge in [0.25, 0.3) is 0 Å². The molecule has 0 aromatic heterocycles. The lowest BCUT2D eigenvalue weighted by atomic mass is 10.0. The number of halogens is 1. The summed E-state index contributed by atoms with van der Waals surface area (Å²) in [4.78, 5) is 0. The van der Waals surface area contributed by atoms with Gasteiger partial charge in [-0.25, -0.2) is 8.42 Å². The van der Waals surface area contributed by atoms with Crippen LogP contribution >= 0.6 is 10.7 Å². The van der Waals surface area contributed by atoms with Crippen LogP contribution in [0.25, 0.3) is 6.08 Å². The Morgan fingerprint density at radius 1 is 1.28 bits per heavy atom. The van der Waals surface area contributed by atoms with Crippen LogP contribution in [0.2, 0.25) is 0 Å². The molecule has 0 heterocycles. The molecule has 0 saturated carbocycles. The second kappa shape index (κ2) is 6.25. The number of benzene rings is 1. The summed E-state index contributed by atoms with van der Waals surface area (Å²) in [6.07, 6.45) is 4.13. The van der Waals surface area contributed by atoms with Gasteiger partial charge in [0.15, 0.2) is 0 Å². The van der Waals surface area contributed by atoms with Gasteiger partial charge in [-0.1, -0.05) is 12.2 Å². The van der Waals surface area contributed by atoms with Gasteiger partial charge in [0.05, 0.1) is 12.9 Å². The Hall–Kier alpha value is -1.00. The van der Waals surface area contributed by atoms with Gasteiger partial charge in [0.1, 0.15) is 5.75 Å². The molecule has 0 N–H and O–H groups in total. The summed E-state index contributed by atoms with van der Waals surface area (Å²) in [5.41, 5.74) is 3.19. The molecule has 0 bridgehead atoms. The van der Waals surface area contributed by atoms with E-state index < -0.39 is 9.05 Å². The largest absolute Gasteiger partial charge is 0.496 e. The van der Waals surface area contributed by atoms with Crippen LogP contribution in [-0.2, 0) is 9.05 Å². The van der Waals surface area contributed by atoms with E-state index in [2.05, 4.69) is 0 Å². The van der Waals surface area contributed by atoms with Gasteiger partial charge in [-0.2, -0.15) is 0 Å². The average Bonchev–Trinajstić information content (AvgIpc) is 2.27. The maximum absolute atomic E-state index is 10.8. The van der Waals surface area contributed by atoms with Crippen molar-refractivity contribution in [1.82, 2.24) is 0 Å². The minimum Gasteiger partial charge on any atom is -0.496 e. The molecular weight excluding hydrogens is 272 g/mol. The number of aryl methyl sites for hydroxylation is 2. The van der Waals surface area contributed by atoms with Crippen molar-refractivity contribution >= 4 is 25.8 Å². The number of hydrogen-bond acceptors (Lipinski definition) is 3.